The van der Waals surface area contributed by atoms with Crippen molar-refractivity contribution in [3.8, 4) is 0 Å². The second-order valence-electron chi connectivity index (χ2n) is 7.48. The van der Waals surface area contributed by atoms with Crippen LogP contribution in [0.5, 0.6) is 0 Å². The molecule has 0 N–H and O–H groups in total. The molecule has 1 amide bonds. The van der Waals surface area contributed by atoms with E-state index in [0.29, 0.717) is 6.54 Å². The summed E-state index contributed by atoms with van der Waals surface area (Å²) >= 11 is 0. The zero-order chi connectivity index (χ0) is 18.4. The van der Waals surface area contributed by atoms with E-state index in [1.165, 1.54) is 11.3 Å². The van der Waals surface area contributed by atoms with Crippen molar-refractivity contribution < 1.29 is 4.79 Å². The molecule has 0 radical (unpaired) electrons. The molecule has 27 heavy (non-hydrogen) atoms. The Labute approximate surface area is 158 Å². The molecule has 6 nitrogen and oxygen atoms in total. The molecule has 0 spiro atoms. The van der Waals surface area contributed by atoms with Crippen molar-refractivity contribution in [2.45, 2.75) is 38.9 Å². The van der Waals surface area contributed by atoms with Crippen LogP contribution in [-0.4, -0.2) is 36.7 Å². The summed E-state index contributed by atoms with van der Waals surface area (Å²) in [7, 11) is 0. The third kappa shape index (κ3) is 2.67. The van der Waals surface area contributed by atoms with Gasteiger partial charge in [0.1, 0.15) is 11.6 Å². The van der Waals surface area contributed by atoms with Gasteiger partial charge in [-0.15, -0.1) is 10.2 Å². The Morgan fingerprint density at radius 2 is 1.93 bits per heavy atom. The van der Waals surface area contributed by atoms with Crippen molar-refractivity contribution in [3.05, 3.63) is 71.6 Å². The maximum atomic E-state index is 13.6. The molecule has 0 fully saturated rings. The molecule has 0 bridgehead atoms. The predicted octanol–water partition coefficient (Wildman–Crippen LogP) is 2.58. The van der Waals surface area contributed by atoms with E-state index in [4.69, 9.17) is 0 Å². The summed E-state index contributed by atoms with van der Waals surface area (Å²) in [5.41, 5.74) is 2.36. The molecule has 2 aliphatic rings. The number of fused-ring (bicyclic) bond motifs is 2. The van der Waals surface area contributed by atoms with E-state index in [0.717, 1.165) is 37.6 Å². The van der Waals surface area contributed by atoms with Gasteiger partial charge < -0.3 is 14.0 Å². The summed E-state index contributed by atoms with van der Waals surface area (Å²) in [6.45, 7) is 4.24. The molecule has 2 aromatic heterocycles. The minimum absolute atomic E-state index is 0.0140. The number of nitrogens with zero attached hydrogens (tertiary/aromatic N) is 5. The van der Waals surface area contributed by atoms with Gasteiger partial charge in [0.2, 0.25) is 5.91 Å². The highest BCUT2D eigenvalue weighted by molar-refractivity contribution is 5.80. The fourth-order valence-corrected chi connectivity index (χ4v) is 4.51. The average Bonchev–Trinajstić information content (AvgIpc) is 3.34. The number of aromatic nitrogens is 4. The number of rotatable bonds is 2. The molecule has 2 aliphatic heterocycles. The SMILES string of the molecule is Cc1nnc2n1CC(C(=O)N1CCn3cccc3C1c1ccccc1)CC2. The lowest BCUT2D eigenvalue weighted by Gasteiger charge is -2.40. The smallest absolute Gasteiger partial charge is 0.228 e. The van der Waals surface area contributed by atoms with Gasteiger partial charge in [-0.05, 0) is 31.0 Å². The van der Waals surface area contributed by atoms with E-state index < -0.39 is 0 Å². The van der Waals surface area contributed by atoms with Gasteiger partial charge in [0.05, 0.1) is 12.0 Å². The zero-order valence-electron chi connectivity index (χ0n) is 15.5. The van der Waals surface area contributed by atoms with E-state index in [1.807, 2.05) is 25.1 Å². The molecule has 1 aromatic carbocycles. The Kier molecular flexibility index (Phi) is 3.85. The number of benzene rings is 1. The zero-order valence-corrected chi connectivity index (χ0v) is 15.5. The lowest BCUT2D eigenvalue weighted by Crippen LogP contribution is -2.46. The van der Waals surface area contributed by atoms with Gasteiger partial charge in [0.25, 0.3) is 0 Å². The largest absolute Gasteiger partial charge is 0.348 e. The molecule has 138 valence electrons. The molecule has 0 saturated heterocycles. The summed E-state index contributed by atoms with van der Waals surface area (Å²) in [4.78, 5) is 15.7. The molecular formula is C21H23N5O. The van der Waals surface area contributed by atoms with Crippen molar-refractivity contribution in [1.82, 2.24) is 24.2 Å². The Hall–Kier alpha value is -2.89. The van der Waals surface area contributed by atoms with Crippen LogP contribution in [0.2, 0.25) is 0 Å². The molecule has 2 atom stereocenters. The summed E-state index contributed by atoms with van der Waals surface area (Å²) in [6.07, 6.45) is 3.77. The average molecular weight is 361 g/mol. The lowest BCUT2D eigenvalue weighted by molar-refractivity contribution is -0.139. The third-order valence-corrected chi connectivity index (χ3v) is 5.92. The van der Waals surface area contributed by atoms with Crippen LogP contribution in [0.3, 0.4) is 0 Å². The number of hydrogen-bond donors (Lipinski definition) is 0. The Morgan fingerprint density at radius 1 is 1.07 bits per heavy atom. The highest BCUT2D eigenvalue weighted by Gasteiger charge is 2.37. The Morgan fingerprint density at radius 3 is 2.78 bits per heavy atom. The molecule has 0 aliphatic carbocycles. The van der Waals surface area contributed by atoms with E-state index in [2.05, 4.69) is 54.7 Å². The summed E-state index contributed by atoms with van der Waals surface area (Å²) in [6, 6.07) is 14.6. The summed E-state index contributed by atoms with van der Waals surface area (Å²) < 4.78 is 4.38. The fourth-order valence-electron chi connectivity index (χ4n) is 4.51. The number of amides is 1. The number of carbonyl (C=O) groups excluding carboxylic acids is 1. The minimum Gasteiger partial charge on any atom is -0.348 e. The quantitative estimate of drug-likeness (QED) is 0.705. The molecule has 4 heterocycles. The van der Waals surface area contributed by atoms with Crippen LogP contribution in [0.25, 0.3) is 0 Å². The second kappa shape index (κ2) is 6.37. The van der Waals surface area contributed by atoms with Gasteiger partial charge in [-0.25, -0.2) is 0 Å². The molecule has 0 saturated carbocycles. The molecule has 3 aromatic rings. The van der Waals surface area contributed by atoms with Gasteiger partial charge in [0, 0.05) is 37.9 Å². The number of carbonyl (C=O) groups is 1. The van der Waals surface area contributed by atoms with Gasteiger partial charge in [0.15, 0.2) is 0 Å². The van der Waals surface area contributed by atoms with Gasteiger partial charge >= 0.3 is 0 Å². The van der Waals surface area contributed by atoms with Gasteiger partial charge in [-0.1, -0.05) is 30.3 Å². The molecular weight excluding hydrogens is 338 g/mol. The van der Waals surface area contributed by atoms with E-state index in [1.54, 1.807) is 0 Å². The van der Waals surface area contributed by atoms with Crippen LogP contribution >= 0.6 is 0 Å². The standard InChI is InChI=1S/C21H23N5O/c1-15-22-23-19-10-9-17(14-26(15)19)21(27)25-13-12-24-11-5-8-18(24)20(25)16-6-3-2-4-7-16/h2-8,11,17,20H,9-10,12-14H2,1H3. The number of aryl methyl sites for hydroxylation is 2. The monoisotopic (exact) mass is 361 g/mol. The highest BCUT2D eigenvalue weighted by atomic mass is 16.2. The van der Waals surface area contributed by atoms with E-state index >= 15 is 0 Å². The maximum Gasteiger partial charge on any atom is 0.228 e. The van der Waals surface area contributed by atoms with Crippen LogP contribution in [0.15, 0.2) is 48.7 Å². The second-order valence-corrected chi connectivity index (χ2v) is 7.48. The molecule has 2 unspecified atom stereocenters. The van der Waals surface area contributed by atoms with Crippen molar-refractivity contribution in [1.29, 1.82) is 0 Å². The Bertz CT molecular complexity index is 974. The normalized spacial score (nSPS) is 21.6. The highest BCUT2D eigenvalue weighted by Crippen LogP contribution is 2.34. The van der Waals surface area contributed by atoms with Crippen LogP contribution in [-0.2, 0) is 24.3 Å². The van der Waals surface area contributed by atoms with Crippen LogP contribution in [0, 0.1) is 12.8 Å². The van der Waals surface area contributed by atoms with Crippen molar-refractivity contribution in [2.75, 3.05) is 6.54 Å². The summed E-state index contributed by atoms with van der Waals surface area (Å²) in [5.74, 6) is 2.13. The van der Waals surface area contributed by atoms with Crippen molar-refractivity contribution in [2.24, 2.45) is 5.92 Å². The topological polar surface area (TPSA) is 56.0 Å². The first-order valence-electron chi connectivity index (χ1n) is 9.61. The molecule has 6 heteroatoms. The van der Waals surface area contributed by atoms with Gasteiger partial charge in [-0.2, -0.15) is 0 Å². The first kappa shape index (κ1) is 16.3. The minimum atomic E-state index is -0.0224. The van der Waals surface area contributed by atoms with Crippen LogP contribution in [0.1, 0.15) is 35.4 Å². The van der Waals surface area contributed by atoms with Crippen molar-refractivity contribution >= 4 is 5.91 Å². The fraction of sp³-hybridized carbons (Fsp3) is 0.381. The first-order valence-corrected chi connectivity index (χ1v) is 9.61. The van der Waals surface area contributed by atoms with E-state index in [-0.39, 0.29) is 17.9 Å². The van der Waals surface area contributed by atoms with E-state index in [9.17, 15) is 4.79 Å². The number of hydrogen-bond acceptors (Lipinski definition) is 3. The van der Waals surface area contributed by atoms with Crippen molar-refractivity contribution in [3.63, 3.8) is 0 Å². The Balaban J connectivity index is 1.48. The maximum absolute atomic E-state index is 13.6. The molecule has 5 rings (SSSR count). The van der Waals surface area contributed by atoms with Crippen LogP contribution < -0.4 is 0 Å². The lowest BCUT2D eigenvalue weighted by atomic mass is 9.94. The van der Waals surface area contributed by atoms with Crippen LogP contribution in [0.4, 0.5) is 0 Å². The predicted molar refractivity (Wildman–Crippen MR) is 101 cm³/mol. The van der Waals surface area contributed by atoms with Gasteiger partial charge in [-0.3, -0.25) is 4.79 Å². The first-order chi connectivity index (χ1) is 13.2. The summed E-state index contributed by atoms with van der Waals surface area (Å²) in [5, 5.41) is 8.41. The third-order valence-electron chi connectivity index (χ3n) is 5.92.